The van der Waals surface area contributed by atoms with Crippen molar-refractivity contribution in [3.8, 4) is 11.8 Å². The Hall–Kier alpha value is -1.73. The van der Waals surface area contributed by atoms with Gasteiger partial charge >= 0.3 is 0 Å². The fourth-order valence-electron chi connectivity index (χ4n) is 0.989. The number of hydrazine groups is 1. The largest absolute Gasteiger partial charge is 0.492 e. The molecule has 0 saturated carbocycles. The van der Waals surface area contributed by atoms with Crippen LogP contribution in [0.5, 0.6) is 5.75 Å². The van der Waals surface area contributed by atoms with Crippen LogP contribution in [-0.2, 0) is 0 Å². The lowest BCUT2D eigenvalue weighted by Gasteiger charge is -2.06. The minimum Gasteiger partial charge on any atom is -0.492 e. The highest BCUT2D eigenvalue weighted by atomic mass is 16.5. The number of anilines is 1. The summed E-state index contributed by atoms with van der Waals surface area (Å²) < 4.78 is 5.24. The van der Waals surface area contributed by atoms with Gasteiger partial charge in [-0.25, -0.2) is 0 Å². The number of nitrogen functional groups attached to an aromatic ring is 1. The molecule has 0 fully saturated rings. The molecule has 0 aromatic heterocycles. The van der Waals surface area contributed by atoms with Crippen molar-refractivity contribution in [3.05, 3.63) is 23.8 Å². The van der Waals surface area contributed by atoms with E-state index in [1.165, 1.54) is 0 Å². The van der Waals surface area contributed by atoms with E-state index in [1.807, 2.05) is 13.0 Å². The lowest BCUT2D eigenvalue weighted by Crippen LogP contribution is -2.07. The fourth-order valence-corrected chi connectivity index (χ4v) is 0.989. The first-order chi connectivity index (χ1) is 6.31. The van der Waals surface area contributed by atoms with Crippen LogP contribution in [0.15, 0.2) is 18.2 Å². The zero-order chi connectivity index (χ0) is 9.68. The SMILES string of the molecule is CCOc1ccc(NN)cc1C#N. The van der Waals surface area contributed by atoms with Crippen molar-refractivity contribution in [1.82, 2.24) is 0 Å². The molecule has 4 heteroatoms. The number of nitrogens with one attached hydrogen (secondary N) is 1. The lowest BCUT2D eigenvalue weighted by molar-refractivity contribution is 0.339. The maximum Gasteiger partial charge on any atom is 0.137 e. The van der Waals surface area contributed by atoms with Crippen molar-refractivity contribution in [1.29, 1.82) is 5.26 Å². The minimum absolute atomic E-state index is 0.484. The van der Waals surface area contributed by atoms with E-state index < -0.39 is 0 Å². The summed E-state index contributed by atoms with van der Waals surface area (Å²) in [6.45, 7) is 2.42. The summed E-state index contributed by atoms with van der Waals surface area (Å²) in [6, 6.07) is 7.15. The molecule has 0 unspecified atom stereocenters. The van der Waals surface area contributed by atoms with Crippen molar-refractivity contribution in [2.24, 2.45) is 5.84 Å². The van der Waals surface area contributed by atoms with E-state index in [0.29, 0.717) is 23.6 Å². The average molecular weight is 177 g/mol. The Labute approximate surface area is 76.9 Å². The Kier molecular flexibility index (Phi) is 3.12. The van der Waals surface area contributed by atoms with Crippen LogP contribution in [0.2, 0.25) is 0 Å². The maximum atomic E-state index is 8.77. The highest BCUT2D eigenvalue weighted by Crippen LogP contribution is 2.21. The molecule has 0 aliphatic heterocycles. The monoisotopic (exact) mass is 177 g/mol. The summed E-state index contributed by atoms with van der Waals surface area (Å²) >= 11 is 0. The third-order valence-electron chi connectivity index (χ3n) is 1.57. The Morgan fingerprint density at radius 2 is 2.38 bits per heavy atom. The van der Waals surface area contributed by atoms with Crippen LogP contribution in [0.25, 0.3) is 0 Å². The maximum absolute atomic E-state index is 8.77. The Morgan fingerprint density at radius 1 is 1.62 bits per heavy atom. The summed E-state index contributed by atoms with van der Waals surface area (Å²) in [5.74, 6) is 5.78. The van der Waals surface area contributed by atoms with Gasteiger partial charge in [0, 0.05) is 0 Å². The molecule has 13 heavy (non-hydrogen) atoms. The van der Waals surface area contributed by atoms with E-state index in [9.17, 15) is 0 Å². The van der Waals surface area contributed by atoms with Gasteiger partial charge in [-0.1, -0.05) is 0 Å². The summed E-state index contributed by atoms with van der Waals surface area (Å²) in [4.78, 5) is 0. The van der Waals surface area contributed by atoms with Crippen LogP contribution in [-0.4, -0.2) is 6.61 Å². The molecule has 0 radical (unpaired) electrons. The molecule has 0 bridgehead atoms. The van der Waals surface area contributed by atoms with Crippen LogP contribution in [0.4, 0.5) is 5.69 Å². The van der Waals surface area contributed by atoms with E-state index in [2.05, 4.69) is 5.43 Å². The standard InChI is InChI=1S/C9H11N3O/c1-2-13-9-4-3-8(12-11)5-7(9)6-10/h3-5,12H,2,11H2,1H3. The lowest BCUT2D eigenvalue weighted by atomic mass is 10.2. The zero-order valence-electron chi connectivity index (χ0n) is 7.37. The van der Waals surface area contributed by atoms with Crippen molar-refractivity contribution < 1.29 is 4.74 Å². The van der Waals surface area contributed by atoms with Gasteiger partial charge < -0.3 is 10.2 Å². The average Bonchev–Trinajstić information content (AvgIpc) is 2.19. The number of hydrogen-bond donors (Lipinski definition) is 2. The van der Waals surface area contributed by atoms with Gasteiger partial charge in [-0.3, -0.25) is 5.84 Å². The number of nitrogens with two attached hydrogens (primary N) is 1. The van der Waals surface area contributed by atoms with E-state index in [-0.39, 0.29) is 0 Å². The molecule has 1 aromatic rings. The molecule has 3 N–H and O–H groups in total. The molecule has 4 nitrogen and oxygen atoms in total. The second-order valence-electron chi connectivity index (χ2n) is 2.40. The normalized spacial score (nSPS) is 9.00. The summed E-state index contributed by atoms with van der Waals surface area (Å²) in [7, 11) is 0. The van der Waals surface area contributed by atoms with Crippen LogP contribution in [0, 0.1) is 11.3 Å². The first kappa shape index (κ1) is 9.36. The molecule has 1 aromatic carbocycles. The smallest absolute Gasteiger partial charge is 0.137 e. The minimum atomic E-state index is 0.484. The third kappa shape index (κ3) is 2.10. The van der Waals surface area contributed by atoms with Gasteiger partial charge in [-0.2, -0.15) is 5.26 Å². The van der Waals surface area contributed by atoms with Crippen LogP contribution in [0.1, 0.15) is 12.5 Å². The molecule has 68 valence electrons. The van der Waals surface area contributed by atoms with Crippen LogP contribution >= 0.6 is 0 Å². The van der Waals surface area contributed by atoms with Crippen LogP contribution < -0.4 is 16.0 Å². The van der Waals surface area contributed by atoms with Gasteiger partial charge in [-0.05, 0) is 25.1 Å². The van der Waals surface area contributed by atoms with Gasteiger partial charge in [0.05, 0.1) is 17.9 Å². The first-order valence-corrected chi connectivity index (χ1v) is 3.95. The molecule has 0 amide bonds. The van der Waals surface area contributed by atoms with E-state index in [0.717, 1.165) is 0 Å². The second-order valence-corrected chi connectivity index (χ2v) is 2.40. The zero-order valence-corrected chi connectivity index (χ0v) is 7.37. The molecule has 0 aliphatic carbocycles. The van der Waals surface area contributed by atoms with Gasteiger partial charge in [0.25, 0.3) is 0 Å². The predicted molar refractivity (Wildman–Crippen MR) is 50.1 cm³/mol. The van der Waals surface area contributed by atoms with Gasteiger partial charge in [0.1, 0.15) is 11.8 Å². The molecule has 1 rings (SSSR count). The molecule has 0 spiro atoms. The van der Waals surface area contributed by atoms with Crippen molar-refractivity contribution in [2.45, 2.75) is 6.92 Å². The second kappa shape index (κ2) is 4.33. The number of benzene rings is 1. The topological polar surface area (TPSA) is 71.1 Å². The van der Waals surface area contributed by atoms with E-state index >= 15 is 0 Å². The number of ether oxygens (including phenoxy) is 1. The Bertz CT molecular complexity index is 330. The van der Waals surface area contributed by atoms with E-state index in [4.69, 9.17) is 15.8 Å². The summed E-state index contributed by atoms with van der Waals surface area (Å²) in [5, 5.41) is 8.77. The third-order valence-corrected chi connectivity index (χ3v) is 1.57. The highest BCUT2D eigenvalue weighted by Gasteiger charge is 2.02. The van der Waals surface area contributed by atoms with Crippen molar-refractivity contribution >= 4 is 5.69 Å². The molecule has 0 saturated heterocycles. The first-order valence-electron chi connectivity index (χ1n) is 3.95. The highest BCUT2D eigenvalue weighted by molar-refractivity contribution is 5.54. The molecule has 0 aliphatic rings. The Morgan fingerprint density at radius 3 is 2.92 bits per heavy atom. The van der Waals surface area contributed by atoms with Crippen molar-refractivity contribution in [2.75, 3.05) is 12.0 Å². The number of rotatable bonds is 3. The number of nitrogens with zero attached hydrogens (tertiary/aromatic N) is 1. The number of nitriles is 1. The molecular formula is C9H11N3O. The summed E-state index contributed by atoms with van der Waals surface area (Å²) in [6.07, 6.45) is 0. The Balaban J connectivity index is 3.02. The summed E-state index contributed by atoms with van der Waals surface area (Å²) in [5.41, 5.74) is 3.64. The number of hydrogen-bond acceptors (Lipinski definition) is 4. The van der Waals surface area contributed by atoms with E-state index in [1.54, 1.807) is 18.2 Å². The van der Waals surface area contributed by atoms with Crippen LogP contribution in [0.3, 0.4) is 0 Å². The fraction of sp³-hybridized carbons (Fsp3) is 0.222. The predicted octanol–water partition coefficient (Wildman–Crippen LogP) is 1.24. The van der Waals surface area contributed by atoms with Gasteiger partial charge in [-0.15, -0.1) is 0 Å². The molecular weight excluding hydrogens is 166 g/mol. The van der Waals surface area contributed by atoms with Gasteiger partial charge in [0.15, 0.2) is 0 Å². The molecule has 0 atom stereocenters. The quantitative estimate of drug-likeness (QED) is 0.538. The molecule has 0 heterocycles. The van der Waals surface area contributed by atoms with Gasteiger partial charge in [0.2, 0.25) is 0 Å². The van der Waals surface area contributed by atoms with Crippen molar-refractivity contribution in [3.63, 3.8) is 0 Å².